The maximum atomic E-state index is 3.62. The van der Waals surface area contributed by atoms with E-state index in [1.54, 1.807) is 0 Å². The van der Waals surface area contributed by atoms with Gasteiger partial charge < -0.3 is 10.2 Å². The Morgan fingerprint density at radius 1 is 1.20 bits per heavy atom. The Kier molecular flexibility index (Phi) is 4.64. The molecule has 2 fully saturated rings. The van der Waals surface area contributed by atoms with Crippen molar-refractivity contribution in [1.82, 2.24) is 10.2 Å². The topological polar surface area (TPSA) is 18.5 Å². The number of benzene rings is 1. The van der Waals surface area contributed by atoms with E-state index in [1.807, 2.05) is 0 Å². The van der Waals surface area contributed by atoms with E-state index < -0.39 is 0 Å². The molecule has 110 valence electrons. The monoisotopic (exact) mass is 337 g/mol. The molecule has 1 N–H and O–H groups in total. The Bertz CT molecular complexity index is 451. The fourth-order valence-corrected chi connectivity index (χ4v) is 3.36. The minimum atomic E-state index is 0.904. The summed E-state index contributed by atoms with van der Waals surface area (Å²) in [5.41, 5.74) is 2.81. The first kappa shape index (κ1) is 14.4. The van der Waals surface area contributed by atoms with Gasteiger partial charge in [0.25, 0.3) is 0 Å². The van der Waals surface area contributed by atoms with Crippen LogP contribution < -0.4 is 10.2 Å². The molecule has 1 aliphatic carbocycles. The Hall–Kier alpha value is -0.580. The van der Waals surface area contributed by atoms with Crippen molar-refractivity contribution >= 4 is 21.6 Å². The average molecular weight is 338 g/mol. The van der Waals surface area contributed by atoms with Gasteiger partial charge in [0, 0.05) is 48.9 Å². The third-order valence-electron chi connectivity index (χ3n) is 4.33. The molecule has 1 saturated carbocycles. The summed E-state index contributed by atoms with van der Waals surface area (Å²) in [5, 5.41) is 3.45. The first-order valence-corrected chi connectivity index (χ1v) is 8.55. The molecule has 0 radical (unpaired) electrons. The van der Waals surface area contributed by atoms with Gasteiger partial charge in [-0.2, -0.15) is 0 Å². The van der Waals surface area contributed by atoms with E-state index in [0.717, 1.165) is 32.2 Å². The largest absolute Gasteiger partial charge is 0.369 e. The van der Waals surface area contributed by atoms with Gasteiger partial charge in [-0.25, -0.2) is 0 Å². The van der Waals surface area contributed by atoms with Crippen LogP contribution in [0.3, 0.4) is 0 Å². The summed E-state index contributed by atoms with van der Waals surface area (Å²) in [5.74, 6) is 0. The molecule has 4 heteroatoms. The third kappa shape index (κ3) is 3.35. The van der Waals surface area contributed by atoms with Crippen molar-refractivity contribution in [3.63, 3.8) is 0 Å². The zero-order chi connectivity index (χ0) is 13.9. The fourth-order valence-electron chi connectivity index (χ4n) is 3.01. The second kappa shape index (κ2) is 6.46. The van der Waals surface area contributed by atoms with Gasteiger partial charge in [-0.15, -0.1) is 0 Å². The lowest BCUT2D eigenvalue weighted by molar-refractivity contribution is 0.248. The zero-order valence-corrected chi connectivity index (χ0v) is 13.8. The first-order valence-electron chi connectivity index (χ1n) is 7.76. The SMILES string of the molecule is CCNCc1ccc(Br)cc1N1CCN(C2CC2)CC1. The number of nitrogens with one attached hydrogen (secondary N) is 1. The van der Waals surface area contributed by atoms with Crippen molar-refractivity contribution in [2.24, 2.45) is 0 Å². The van der Waals surface area contributed by atoms with Crippen LogP contribution in [0.1, 0.15) is 25.3 Å². The van der Waals surface area contributed by atoms with Crippen LogP contribution in [0, 0.1) is 0 Å². The van der Waals surface area contributed by atoms with Crippen LogP contribution in [0.5, 0.6) is 0 Å². The second-order valence-electron chi connectivity index (χ2n) is 5.81. The Morgan fingerprint density at radius 3 is 2.60 bits per heavy atom. The number of rotatable bonds is 5. The normalized spacial score (nSPS) is 20.4. The number of hydrogen-bond donors (Lipinski definition) is 1. The first-order chi connectivity index (χ1) is 9.78. The summed E-state index contributed by atoms with van der Waals surface area (Å²) >= 11 is 3.62. The highest BCUT2D eigenvalue weighted by molar-refractivity contribution is 9.10. The third-order valence-corrected chi connectivity index (χ3v) is 4.82. The van der Waals surface area contributed by atoms with Gasteiger partial charge in [-0.3, -0.25) is 4.90 Å². The molecule has 1 heterocycles. The van der Waals surface area contributed by atoms with Gasteiger partial charge in [0.05, 0.1) is 0 Å². The Morgan fingerprint density at radius 2 is 1.95 bits per heavy atom. The molecule has 0 bridgehead atoms. The maximum absolute atomic E-state index is 3.62. The average Bonchev–Trinajstić information content (AvgIpc) is 3.31. The number of hydrogen-bond acceptors (Lipinski definition) is 3. The number of halogens is 1. The van der Waals surface area contributed by atoms with E-state index in [9.17, 15) is 0 Å². The summed E-state index contributed by atoms with van der Waals surface area (Å²) in [7, 11) is 0. The van der Waals surface area contributed by atoms with E-state index in [0.29, 0.717) is 0 Å². The lowest BCUT2D eigenvalue weighted by atomic mass is 10.1. The Labute approximate surface area is 130 Å². The highest BCUT2D eigenvalue weighted by atomic mass is 79.9. The van der Waals surface area contributed by atoms with Gasteiger partial charge >= 0.3 is 0 Å². The molecule has 20 heavy (non-hydrogen) atoms. The maximum Gasteiger partial charge on any atom is 0.0424 e. The van der Waals surface area contributed by atoms with Crippen molar-refractivity contribution in [2.75, 3.05) is 37.6 Å². The van der Waals surface area contributed by atoms with Crippen molar-refractivity contribution in [2.45, 2.75) is 32.4 Å². The van der Waals surface area contributed by atoms with Crippen molar-refractivity contribution < 1.29 is 0 Å². The highest BCUT2D eigenvalue weighted by Crippen LogP contribution is 2.30. The van der Waals surface area contributed by atoms with Gasteiger partial charge in [0.15, 0.2) is 0 Å². The van der Waals surface area contributed by atoms with E-state index in [-0.39, 0.29) is 0 Å². The highest BCUT2D eigenvalue weighted by Gasteiger charge is 2.31. The lowest BCUT2D eigenvalue weighted by Gasteiger charge is -2.37. The summed E-state index contributed by atoms with van der Waals surface area (Å²) in [6.07, 6.45) is 2.84. The summed E-state index contributed by atoms with van der Waals surface area (Å²) < 4.78 is 1.18. The molecule has 1 aromatic carbocycles. The fraction of sp³-hybridized carbons (Fsp3) is 0.625. The standard InChI is InChI=1S/C16H24BrN3/c1-2-18-12-13-3-4-14(17)11-16(13)20-9-7-19(8-10-20)15-5-6-15/h3-4,11,15,18H,2,5-10,12H2,1H3. The second-order valence-corrected chi connectivity index (χ2v) is 6.72. The molecule has 1 aromatic rings. The van der Waals surface area contributed by atoms with E-state index >= 15 is 0 Å². The molecule has 0 unspecified atom stereocenters. The lowest BCUT2D eigenvalue weighted by Crippen LogP contribution is -2.47. The molecule has 1 saturated heterocycles. The van der Waals surface area contributed by atoms with E-state index in [4.69, 9.17) is 0 Å². The van der Waals surface area contributed by atoms with Gasteiger partial charge in [-0.1, -0.05) is 28.9 Å². The predicted octanol–water partition coefficient (Wildman–Crippen LogP) is 2.84. The van der Waals surface area contributed by atoms with Gasteiger partial charge in [0.2, 0.25) is 0 Å². The summed E-state index contributed by atoms with van der Waals surface area (Å²) in [6, 6.07) is 7.58. The molecule has 0 atom stereocenters. The molecule has 0 spiro atoms. The summed E-state index contributed by atoms with van der Waals surface area (Å²) in [4.78, 5) is 5.22. The van der Waals surface area contributed by atoms with Crippen molar-refractivity contribution in [3.8, 4) is 0 Å². The van der Waals surface area contributed by atoms with Crippen LogP contribution in [-0.4, -0.2) is 43.7 Å². The van der Waals surface area contributed by atoms with Crippen LogP contribution in [-0.2, 0) is 6.54 Å². The Balaban J connectivity index is 1.70. The van der Waals surface area contributed by atoms with Gasteiger partial charge in [0.1, 0.15) is 0 Å². The van der Waals surface area contributed by atoms with Crippen LogP contribution in [0.15, 0.2) is 22.7 Å². The van der Waals surface area contributed by atoms with Crippen LogP contribution in [0.25, 0.3) is 0 Å². The van der Waals surface area contributed by atoms with E-state index in [1.165, 1.54) is 41.7 Å². The van der Waals surface area contributed by atoms with Crippen LogP contribution in [0.4, 0.5) is 5.69 Å². The molecular formula is C16H24BrN3. The molecular weight excluding hydrogens is 314 g/mol. The van der Waals surface area contributed by atoms with Crippen molar-refractivity contribution in [3.05, 3.63) is 28.2 Å². The quantitative estimate of drug-likeness (QED) is 0.891. The molecule has 2 aliphatic rings. The number of anilines is 1. The zero-order valence-electron chi connectivity index (χ0n) is 12.2. The molecule has 3 nitrogen and oxygen atoms in total. The molecule has 0 amide bonds. The minimum absolute atomic E-state index is 0.904. The molecule has 3 rings (SSSR count). The smallest absolute Gasteiger partial charge is 0.0424 e. The van der Waals surface area contributed by atoms with Crippen LogP contribution in [0.2, 0.25) is 0 Å². The number of nitrogens with zero attached hydrogens (tertiary/aromatic N) is 2. The molecule has 0 aromatic heterocycles. The van der Waals surface area contributed by atoms with Gasteiger partial charge in [-0.05, 0) is 37.1 Å². The minimum Gasteiger partial charge on any atom is -0.369 e. The van der Waals surface area contributed by atoms with Crippen molar-refractivity contribution in [1.29, 1.82) is 0 Å². The van der Waals surface area contributed by atoms with E-state index in [2.05, 4.69) is 56.2 Å². The summed E-state index contributed by atoms with van der Waals surface area (Å²) in [6.45, 7) is 8.90. The number of piperazine rings is 1. The molecule has 1 aliphatic heterocycles. The predicted molar refractivity (Wildman–Crippen MR) is 88.3 cm³/mol. The van der Waals surface area contributed by atoms with Crippen LogP contribution >= 0.6 is 15.9 Å².